The van der Waals surface area contributed by atoms with Crippen molar-refractivity contribution in [3.05, 3.63) is 21.9 Å². The van der Waals surface area contributed by atoms with Gasteiger partial charge in [0.15, 0.2) is 5.69 Å². The predicted molar refractivity (Wildman–Crippen MR) is 78.0 cm³/mol. The number of unbranched alkanes of at least 4 members (excludes halogenated alkanes) is 1. The molecule has 1 heterocycles. The summed E-state index contributed by atoms with van der Waals surface area (Å²) in [4.78, 5) is 28.0. The van der Waals surface area contributed by atoms with E-state index in [-0.39, 0.29) is 17.4 Å². The third-order valence-electron chi connectivity index (χ3n) is 3.95. The van der Waals surface area contributed by atoms with E-state index in [1.54, 1.807) is 7.05 Å². The monoisotopic (exact) mass is 294 g/mol. The maximum Gasteiger partial charge on any atom is 0.358 e. The van der Waals surface area contributed by atoms with Crippen molar-refractivity contribution in [1.29, 1.82) is 0 Å². The first-order valence-electron chi connectivity index (χ1n) is 7.53. The number of hydrogen-bond acceptors (Lipinski definition) is 4. The lowest BCUT2D eigenvalue weighted by molar-refractivity contribution is 0.0683. The van der Waals surface area contributed by atoms with Crippen LogP contribution in [0.25, 0.3) is 0 Å². The summed E-state index contributed by atoms with van der Waals surface area (Å²) in [6, 6.07) is 0. The molecule has 6 heteroatoms. The first kappa shape index (κ1) is 15.5. The van der Waals surface area contributed by atoms with E-state index in [4.69, 9.17) is 4.74 Å². The van der Waals surface area contributed by atoms with E-state index in [1.807, 2.05) is 6.92 Å². The van der Waals surface area contributed by atoms with Crippen LogP contribution in [0.4, 0.5) is 0 Å². The van der Waals surface area contributed by atoms with E-state index in [9.17, 15) is 14.7 Å². The van der Waals surface area contributed by atoms with Gasteiger partial charge in [-0.25, -0.2) is 9.78 Å². The van der Waals surface area contributed by atoms with Crippen molar-refractivity contribution in [2.24, 2.45) is 7.05 Å². The molecule has 6 nitrogen and oxygen atoms in total. The number of carboxylic acid groups (broad SMARTS) is 1. The van der Waals surface area contributed by atoms with E-state index in [0.717, 1.165) is 38.5 Å². The Morgan fingerprint density at radius 3 is 2.67 bits per heavy atom. The highest BCUT2D eigenvalue weighted by atomic mass is 16.5. The molecule has 1 aromatic heterocycles. The van der Waals surface area contributed by atoms with Crippen molar-refractivity contribution >= 4 is 5.97 Å². The smallest absolute Gasteiger partial charge is 0.358 e. The quantitative estimate of drug-likeness (QED) is 0.814. The molecule has 21 heavy (non-hydrogen) atoms. The number of nitrogens with zero attached hydrogens (tertiary/aromatic N) is 2. The fourth-order valence-corrected chi connectivity index (χ4v) is 2.74. The molecule has 0 amide bonds. The van der Waals surface area contributed by atoms with Gasteiger partial charge in [-0.3, -0.25) is 9.36 Å². The highest BCUT2D eigenvalue weighted by molar-refractivity contribution is 5.88. The topological polar surface area (TPSA) is 81.4 Å². The van der Waals surface area contributed by atoms with Gasteiger partial charge in [0, 0.05) is 13.0 Å². The van der Waals surface area contributed by atoms with Crippen LogP contribution >= 0.6 is 0 Å². The molecular formula is C15H22N2O4. The molecule has 0 bridgehead atoms. The summed E-state index contributed by atoms with van der Waals surface area (Å²) in [7, 11) is 1.64. The van der Waals surface area contributed by atoms with Gasteiger partial charge in [0.25, 0.3) is 5.56 Å². The predicted octanol–water partition coefficient (Wildman–Crippen LogP) is 2.32. The second-order valence-corrected chi connectivity index (χ2v) is 5.50. The SMILES string of the molecule is CCCCOc1c(C(=O)O)nc(C2CCCC2)n(C)c1=O. The second-order valence-electron chi connectivity index (χ2n) is 5.50. The van der Waals surface area contributed by atoms with Crippen molar-refractivity contribution in [2.45, 2.75) is 51.4 Å². The Labute approximate surface area is 123 Å². The van der Waals surface area contributed by atoms with Gasteiger partial charge in [-0.2, -0.15) is 0 Å². The van der Waals surface area contributed by atoms with E-state index < -0.39 is 11.5 Å². The fourth-order valence-electron chi connectivity index (χ4n) is 2.74. The Kier molecular flexibility index (Phi) is 4.98. The van der Waals surface area contributed by atoms with Crippen molar-refractivity contribution in [1.82, 2.24) is 9.55 Å². The molecule has 1 N–H and O–H groups in total. The molecule has 1 aliphatic carbocycles. The highest BCUT2D eigenvalue weighted by Crippen LogP contribution is 2.33. The molecule has 1 aromatic rings. The van der Waals surface area contributed by atoms with Crippen LogP contribution in [0.15, 0.2) is 4.79 Å². The van der Waals surface area contributed by atoms with Gasteiger partial charge in [-0.1, -0.05) is 26.2 Å². The maximum atomic E-state index is 12.4. The Morgan fingerprint density at radius 2 is 2.10 bits per heavy atom. The second kappa shape index (κ2) is 6.74. The van der Waals surface area contributed by atoms with Gasteiger partial charge in [-0.05, 0) is 19.3 Å². The zero-order valence-corrected chi connectivity index (χ0v) is 12.6. The number of aromatic nitrogens is 2. The van der Waals surface area contributed by atoms with E-state index >= 15 is 0 Å². The van der Waals surface area contributed by atoms with Gasteiger partial charge in [-0.15, -0.1) is 0 Å². The number of rotatable bonds is 6. The molecule has 0 unspecified atom stereocenters. The maximum absolute atomic E-state index is 12.4. The molecule has 0 aliphatic heterocycles. The van der Waals surface area contributed by atoms with Crippen LogP contribution in [-0.2, 0) is 7.05 Å². The molecule has 1 fully saturated rings. The minimum atomic E-state index is -1.21. The van der Waals surface area contributed by atoms with Crippen LogP contribution in [-0.4, -0.2) is 27.2 Å². The van der Waals surface area contributed by atoms with Gasteiger partial charge in [0.05, 0.1) is 6.61 Å². The molecule has 0 atom stereocenters. The van der Waals surface area contributed by atoms with Gasteiger partial charge in [0.2, 0.25) is 5.75 Å². The Bertz CT molecular complexity index is 574. The molecule has 0 spiro atoms. The summed E-state index contributed by atoms with van der Waals surface area (Å²) in [5, 5.41) is 9.31. The van der Waals surface area contributed by atoms with Gasteiger partial charge >= 0.3 is 5.97 Å². The number of hydrogen-bond donors (Lipinski definition) is 1. The molecule has 0 saturated heterocycles. The van der Waals surface area contributed by atoms with Crippen LogP contribution in [0.1, 0.15) is 67.7 Å². The molecular weight excluding hydrogens is 272 g/mol. The third-order valence-corrected chi connectivity index (χ3v) is 3.95. The zero-order chi connectivity index (χ0) is 15.4. The first-order chi connectivity index (χ1) is 10.1. The summed E-state index contributed by atoms with van der Waals surface area (Å²) >= 11 is 0. The zero-order valence-electron chi connectivity index (χ0n) is 12.6. The Hall–Kier alpha value is -1.85. The standard InChI is InChI=1S/C15H22N2O4/c1-3-4-9-21-12-11(15(19)20)16-13(17(2)14(12)18)10-7-5-6-8-10/h10H,3-9H2,1-2H3,(H,19,20). The fraction of sp³-hybridized carbons (Fsp3) is 0.667. The molecule has 116 valence electrons. The molecule has 1 saturated carbocycles. The van der Waals surface area contributed by atoms with Gasteiger partial charge in [0.1, 0.15) is 5.82 Å². The van der Waals surface area contributed by atoms with Crippen LogP contribution in [0.3, 0.4) is 0 Å². The normalized spacial score (nSPS) is 15.3. The number of aromatic carboxylic acids is 1. The van der Waals surface area contributed by atoms with E-state index in [2.05, 4.69) is 4.98 Å². The third kappa shape index (κ3) is 3.25. The average Bonchev–Trinajstić information content (AvgIpc) is 2.97. The van der Waals surface area contributed by atoms with Crippen LogP contribution in [0.5, 0.6) is 5.75 Å². The Morgan fingerprint density at radius 1 is 1.43 bits per heavy atom. The van der Waals surface area contributed by atoms with E-state index in [1.165, 1.54) is 4.57 Å². The summed E-state index contributed by atoms with van der Waals surface area (Å²) in [5.74, 6) is -0.609. The molecule has 1 aliphatic rings. The lowest BCUT2D eigenvalue weighted by atomic mass is 10.1. The Balaban J connectivity index is 2.43. The summed E-state index contributed by atoms with van der Waals surface area (Å²) in [6.45, 7) is 2.33. The van der Waals surface area contributed by atoms with Crippen molar-refractivity contribution in [3.63, 3.8) is 0 Å². The molecule has 0 aromatic carbocycles. The van der Waals surface area contributed by atoms with Crippen molar-refractivity contribution < 1.29 is 14.6 Å². The summed E-state index contributed by atoms with van der Waals surface area (Å²) in [5.41, 5.74) is -0.656. The molecule has 2 rings (SSSR count). The lowest BCUT2D eigenvalue weighted by Crippen LogP contribution is -2.28. The number of carboxylic acids is 1. The average molecular weight is 294 g/mol. The lowest BCUT2D eigenvalue weighted by Gasteiger charge is -2.16. The summed E-state index contributed by atoms with van der Waals surface area (Å²) < 4.78 is 6.84. The van der Waals surface area contributed by atoms with Crippen molar-refractivity contribution in [2.75, 3.05) is 6.61 Å². The van der Waals surface area contributed by atoms with Crippen molar-refractivity contribution in [3.8, 4) is 5.75 Å². The molecule has 0 radical (unpaired) electrons. The van der Waals surface area contributed by atoms with Crippen LogP contribution < -0.4 is 10.3 Å². The first-order valence-corrected chi connectivity index (χ1v) is 7.53. The minimum Gasteiger partial charge on any atom is -0.486 e. The highest BCUT2D eigenvalue weighted by Gasteiger charge is 2.27. The number of ether oxygens (including phenoxy) is 1. The largest absolute Gasteiger partial charge is 0.486 e. The number of carbonyl (C=O) groups is 1. The van der Waals surface area contributed by atoms with Gasteiger partial charge < -0.3 is 9.84 Å². The minimum absolute atomic E-state index is 0.139. The van der Waals surface area contributed by atoms with Crippen LogP contribution in [0, 0.1) is 0 Å². The van der Waals surface area contributed by atoms with Crippen LogP contribution in [0.2, 0.25) is 0 Å². The van der Waals surface area contributed by atoms with E-state index in [0.29, 0.717) is 12.4 Å². The summed E-state index contributed by atoms with van der Waals surface area (Å²) in [6.07, 6.45) is 5.78.